The van der Waals surface area contributed by atoms with E-state index in [2.05, 4.69) is 15.4 Å². The highest BCUT2D eigenvalue weighted by Crippen LogP contribution is 2.27. The number of Topliss-reactive ketones (excluding diaryl/α,β-unsaturated/α-hetero) is 1. The molecule has 2 aromatic rings. The lowest BCUT2D eigenvalue weighted by molar-refractivity contribution is -0.148. The fourth-order valence-corrected chi connectivity index (χ4v) is 5.43. The maximum absolute atomic E-state index is 14.1. The maximum Gasteiger partial charge on any atom is 0.346 e. The fourth-order valence-electron chi connectivity index (χ4n) is 4.12. The molecule has 0 aliphatic rings. The molecule has 14 heteroatoms. The van der Waals surface area contributed by atoms with Gasteiger partial charge >= 0.3 is 11.9 Å². The molecule has 0 aliphatic carbocycles. The number of carboxylic acid groups (broad SMARTS) is 1. The lowest BCUT2D eigenvalue weighted by Crippen LogP contribution is -2.54. The maximum atomic E-state index is 14.1. The molecule has 0 bridgehead atoms. The largest absolute Gasteiger partial charge is 0.494 e. The van der Waals surface area contributed by atoms with Crippen molar-refractivity contribution in [1.82, 2.24) is 10.6 Å². The minimum absolute atomic E-state index is 0.0627. The number of ether oxygens (including phenoxy) is 3. The SMILES string of the molecule is CCOc1ccc(O[C@@H](C)C(=O)OC)cc1CC(=O)N[C@H](C(=O)NC(CC(=O)O)C(=O)CSCc1c(F)cccc1Cl)C(C)C. The van der Waals surface area contributed by atoms with Crippen LogP contribution in [0.25, 0.3) is 0 Å². The Hall–Kier alpha value is -3.84. The lowest BCUT2D eigenvalue weighted by atomic mass is 10.0. The predicted molar refractivity (Wildman–Crippen MR) is 167 cm³/mol. The molecule has 2 rings (SSSR count). The van der Waals surface area contributed by atoms with Gasteiger partial charge in [-0.1, -0.05) is 31.5 Å². The number of hydrogen-bond acceptors (Lipinski definition) is 9. The average molecular weight is 669 g/mol. The number of carbonyl (C=O) groups excluding carboxylic acids is 4. The number of nitrogens with one attached hydrogen (secondary N) is 2. The number of hydrogen-bond donors (Lipinski definition) is 3. The van der Waals surface area contributed by atoms with Crippen molar-refractivity contribution in [2.45, 2.75) is 64.5 Å². The van der Waals surface area contributed by atoms with Crippen molar-refractivity contribution in [3.8, 4) is 11.5 Å². The van der Waals surface area contributed by atoms with E-state index in [1.165, 1.54) is 32.2 Å². The Morgan fingerprint density at radius 3 is 2.38 bits per heavy atom. The molecule has 0 saturated carbocycles. The average Bonchev–Trinajstić information content (AvgIpc) is 2.97. The summed E-state index contributed by atoms with van der Waals surface area (Å²) in [6.45, 7) is 6.96. The van der Waals surface area contributed by atoms with Crippen molar-refractivity contribution in [3.63, 3.8) is 0 Å². The smallest absolute Gasteiger partial charge is 0.346 e. The Bertz CT molecular complexity index is 1350. The summed E-state index contributed by atoms with van der Waals surface area (Å²) in [7, 11) is 1.24. The summed E-state index contributed by atoms with van der Waals surface area (Å²) in [5.74, 6) is -4.20. The molecular formula is C31H38ClFN2O9S. The Kier molecular flexibility index (Phi) is 15.1. The molecule has 0 aromatic heterocycles. The van der Waals surface area contributed by atoms with E-state index in [-0.39, 0.29) is 28.5 Å². The van der Waals surface area contributed by atoms with Crippen molar-refractivity contribution in [3.05, 3.63) is 58.4 Å². The molecule has 0 aliphatic heterocycles. The number of carboxylic acids is 1. The number of ketones is 1. The van der Waals surface area contributed by atoms with E-state index in [1.807, 2.05) is 0 Å². The van der Waals surface area contributed by atoms with E-state index in [0.717, 1.165) is 11.8 Å². The molecular weight excluding hydrogens is 631 g/mol. The minimum atomic E-state index is -1.38. The quantitative estimate of drug-likeness (QED) is 0.199. The topological polar surface area (TPSA) is 157 Å². The number of esters is 1. The highest BCUT2D eigenvalue weighted by molar-refractivity contribution is 7.99. The zero-order chi connectivity index (χ0) is 33.7. The third kappa shape index (κ3) is 11.9. The second-order valence-electron chi connectivity index (χ2n) is 10.3. The number of halogens is 2. The van der Waals surface area contributed by atoms with Gasteiger partial charge in [0.15, 0.2) is 11.9 Å². The van der Waals surface area contributed by atoms with Gasteiger partial charge in [0.25, 0.3) is 0 Å². The molecule has 0 saturated heterocycles. The molecule has 2 aromatic carbocycles. The number of thioether (sulfide) groups is 1. The van der Waals surface area contributed by atoms with Crippen LogP contribution in [0.15, 0.2) is 36.4 Å². The van der Waals surface area contributed by atoms with Crippen LogP contribution >= 0.6 is 23.4 Å². The Morgan fingerprint density at radius 2 is 1.78 bits per heavy atom. The first-order chi connectivity index (χ1) is 21.3. The van der Waals surface area contributed by atoms with Crippen LogP contribution in [-0.4, -0.2) is 72.3 Å². The number of methoxy groups -OCH3 is 1. The lowest BCUT2D eigenvalue weighted by Gasteiger charge is -2.25. The van der Waals surface area contributed by atoms with Gasteiger partial charge in [0.05, 0.1) is 38.4 Å². The number of amides is 2. The Balaban J connectivity index is 2.13. The normalized spacial score (nSPS) is 12.9. The minimum Gasteiger partial charge on any atom is -0.494 e. The summed E-state index contributed by atoms with van der Waals surface area (Å²) in [4.78, 5) is 62.6. The van der Waals surface area contributed by atoms with Crippen LogP contribution in [0, 0.1) is 11.7 Å². The van der Waals surface area contributed by atoms with E-state index >= 15 is 0 Å². The van der Waals surface area contributed by atoms with Gasteiger partial charge in [-0.2, -0.15) is 0 Å². The number of aliphatic carboxylic acids is 1. The van der Waals surface area contributed by atoms with Crippen LogP contribution in [0.4, 0.5) is 4.39 Å². The standard InChI is InChI=1S/C31H38ClFN2O9S/c1-6-43-26-11-10-20(44-18(4)31(41)42-5)12-19(26)13-27(37)35-29(17(2)3)30(40)34-24(14-28(38)39)25(36)16-45-15-21-22(32)8-7-9-23(21)33/h7-12,17-18,24,29H,6,13-16H2,1-5H3,(H,34,40)(H,35,37)(H,38,39)/t18-,24?,29-/m0/s1. The molecule has 0 radical (unpaired) electrons. The van der Waals surface area contributed by atoms with Gasteiger partial charge in [-0.3, -0.25) is 19.2 Å². The van der Waals surface area contributed by atoms with E-state index in [1.54, 1.807) is 39.0 Å². The van der Waals surface area contributed by atoms with E-state index in [9.17, 15) is 33.5 Å². The summed E-state index contributed by atoms with van der Waals surface area (Å²) in [6.07, 6.45) is -1.80. The van der Waals surface area contributed by atoms with Gasteiger partial charge < -0.3 is 30.0 Å². The van der Waals surface area contributed by atoms with E-state index in [0.29, 0.717) is 23.7 Å². The summed E-state index contributed by atoms with van der Waals surface area (Å²) >= 11 is 7.06. The van der Waals surface area contributed by atoms with E-state index < -0.39 is 65.9 Å². The summed E-state index contributed by atoms with van der Waals surface area (Å²) in [6, 6.07) is 6.44. The van der Waals surface area contributed by atoms with Crippen molar-refractivity contribution in [1.29, 1.82) is 0 Å². The zero-order valence-electron chi connectivity index (χ0n) is 25.7. The second-order valence-corrected chi connectivity index (χ2v) is 11.7. The van der Waals surface area contributed by atoms with Crippen molar-refractivity contribution >= 4 is 52.9 Å². The van der Waals surface area contributed by atoms with Gasteiger partial charge in [-0.05, 0) is 50.1 Å². The molecule has 3 N–H and O–H groups in total. The van der Waals surface area contributed by atoms with Crippen molar-refractivity contribution in [2.75, 3.05) is 19.5 Å². The molecule has 246 valence electrons. The Morgan fingerprint density at radius 1 is 1.07 bits per heavy atom. The first-order valence-electron chi connectivity index (χ1n) is 14.1. The molecule has 45 heavy (non-hydrogen) atoms. The Labute approximate surface area is 270 Å². The molecule has 0 heterocycles. The van der Waals surface area contributed by atoms with Crippen LogP contribution in [0.1, 0.15) is 45.2 Å². The molecule has 0 spiro atoms. The molecule has 1 unspecified atom stereocenters. The number of carbonyl (C=O) groups is 5. The zero-order valence-corrected chi connectivity index (χ0v) is 27.3. The van der Waals surface area contributed by atoms with Crippen LogP contribution in [-0.2, 0) is 40.9 Å². The molecule has 2 amide bonds. The summed E-state index contributed by atoms with van der Waals surface area (Å²) < 4.78 is 30.0. The highest BCUT2D eigenvalue weighted by Gasteiger charge is 2.30. The van der Waals surface area contributed by atoms with Crippen molar-refractivity contribution < 1.29 is 47.7 Å². The predicted octanol–water partition coefficient (Wildman–Crippen LogP) is 3.96. The van der Waals surface area contributed by atoms with Gasteiger partial charge in [0.1, 0.15) is 23.4 Å². The fraction of sp³-hybridized carbons (Fsp3) is 0.452. The third-order valence-corrected chi connectivity index (χ3v) is 7.77. The monoisotopic (exact) mass is 668 g/mol. The van der Waals surface area contributed by atoms with Crippen molar-refractivity contribution in [2.24, 2.45) is 5.92 Å². The van der Waals surface area contributed by atoms with Gasteiger partial charge in [0, 0.05) is 21.9 Å². The first-order valence-corrected chi connectivity index (χ1v) is 15.7. The van der Waals surface area contributed by atoms with Crippen LogP contribution in [0.2, 0.25) is 5.02 Å². The van der Waals surface area contributed by atoms with Gasteiger partial charge in [0.2, 0.25) is 11.8 Å². The molecule has 11 nitrogen and oxygen atoms in total. The first kappa shape index (κ1) is 37.3. The number of benzene rings is 2. The highest BCUT2D eigenvalue weighted by atomic mass is 35.5. The second kappa shape index (κ2) is 18.2. The van der Waals surface area contributed by atoms with Gasteiger partial charge in [-0.15, -0.1) is 11.8 Å². The van der Waals surface area contributed by atoms with Crippen LogP contribution in [0.5, 0.6) is 11.5 Å². The van der Waals surface area contributed by atoms with Gasteiger partial charge in [-0.25, -0.2) is 9.18 Å². The molecule has 3 atom stereocenters. The third-order valence-electron chi connectivity index (χ3n) is 6.43. The van der Waals surface area contributed by atoms with E-state index in [4.69, 9.17) is 21.1 Å². The number of rotatable bonds is 18. The summed E-state index contributed by atoms with van der Waals surface area (Å²) in [5, 5.41) is 14.7. The van der Waals surface area contributed by atoms with Crippen LogP contribution < -0.4 is 20.1 Å². The molecule has 0 fully saturated rings. The van der Waals surface area contributed by atoms with Crippen LogP contribution in [0.3, 0.4) is 0 Å². The summed E-state index contributed by atoms with van der Waals surface area (Å²) in [5.41, 5.74) is 0.638.